The summed E-state index contributed by atoms with van der Waals surface area (Å²) in [6.07, 6.45) is 1.16. The van der Waals surface area contributed by atoms with E-state index in [0.29, 0.717) is 44.3 Å². The molecule has 0 radical (unpaired) electrons. The number of nitrogens with one attached hydrogen (secondary N) is 1. The van der Waals surface area contributed by atoms with Crippen LogP contribution in [0.1, 0.15) is 23.6 Å². The average molecular weight is 561 g/mol. The van der Waals surface area contributed by atoms with Crippen LogP contribution in [0.15, 0.2) is 97.1 Å². The van der Waals surface area contributed by atoms with Crippen molar-refractivity contribution in [1.82, 2.24) is 0 Å². The number of nitrogens with zero attached hydrogens (tertiary/aromatic N) is 1. The Morgan fingerprint density at radius 3 is 2.12 bits per heavy atom. The van der Waals surface area contributed by atoms with E-state index in [1.54, 1.807) is 6.07 Å². The molecule has 0 aliphatic carbocycles. The van der Waals surface area contributed by atoms with Gasteiger partial charge in [0.15, 0.2) is 0 Å². The zero-order valence-electron chi connectivity index (χ0n) is 23.2. The molecule has 0 heterocycles. The molecule has 0 atom stereocenters. The number of benzene rings is 4. The molecule has 7 nitrogen and oxygen atoms in total. The maximum atomic E-state index is 11.9. The summed E-state index contributed by atoms with van der Waals surface area (Å²) in [5.41, 5.74) is 4.65. The van der Waals surface area contributed by atoms with Crippen molar-refractivity contribution in [2.45, 2.75) is 26.9 Å². The van der Waals surface area contributed by atoms with Gasteiger partial charge in [-0.2, -0.15) is 0 Å². The molecule has 0 fully saturated rings. The second kappa shape index (κ2) is 13.9. The van der Waals surface area contributed by atoms with Crippen LogP contribution in [0.3, 0.4) is 0 Å². The van der Waals surface area contributed by atoms with E-state index in [1.807, 2.05) is 92.7 Å². The second-order valence-electron chi connectivity index (χ2n) is 9.43. The Morgan fingerprint density at radius 2 is 1.43 bits per heavy atom. The summed E-state index contributed by atoms with van der Waals surface area (Å²) in [6, 6.07) is 31.4. The first-order valence-electron chi connectivity index (χ1n) is 13.2. The summed E-state index contributed by atoms with van der Waals surface area (Å²) in [4.78, 5) is 2.25. The summed E-state index contributed by atoms with van der Waals surface area (Å²) in [5.74, 6) is 2.15. The Kier molecular flexibility index (Phi) is 10.0. The Bertz CT molecular complexity index is 1480. The van der Waals surface area contributed by atoms with Gasteiger partial charge in [0.1, 0.15) is 23.9 Å². The highest BCUT2D eigenvalue weighted by molar-refractivity contribution is 7.92. The van der Waals surface area contributed by atoms with E-state index in [2.05, 4.69) is 21.8 Å². The minimum atomic E-state index is -3.40. The molecule has 0 saturated heterocycles. The molecule has 0 aromatic heterocycles. The first kappa shape index (κ1) is 29.0. The van der Waals surface area contributed by atoms with Crippen LogP contribution in [0.4, 0.5) is 11.4 Å². The van der Waals surface area contributed by atoms with E-state index in [1.165, 1.54) is 0 Å². The average Bonchev–Trinajstić information content (AvgIpc) is 2.93. The van der Waals surface area contributed by atoms with Crippen molar-refractivity contribution in [3.05, 3.63) is 114 Å². The monoisotopic (exact) mass is 560 g/mol. The maximum Gasteiger partial charge on any atom is 0.229 e. The lowest BCUT2D eigenvalue weighted by atomic mass is 10.1. The lowest BCUT2D eigenvalue weighted by Crippen LogP contribution is -2.23. The van der Waals surface area contributed by atoms with Crippen molar-refractivity contribution in [2.75, 3.05) is 35.7 Å². The van der Waals surface area contributed by atoms with E-state index in [4.69, 9.17) is 14.2 Å². The predicted octanol–water partition coefficient (Wildman–Crippen LogP) is 6.78. The van der Waals surface area contributed by atoms with Gasteiger partial charge in [0, 0.05) is 31.5 Å². The van der Waals surface area contributed by atoms with Crippen LogP contribution >= 0.6 is 0 Å². The summed E-state index contributed by atoms with van der Waals surface area (Å²) >= 11 is 0. The molecule has 0 spiro atoms. The van der Waals surface area contributed by atoms with Gasteiger partial charge < -0.3 is 19.1 Å². The van der Waals surface area contributed by atoms with Gasteiger partial charge in [-0.25, -0.2) is 8.42 Å². The van der Waals surface area contributed by atoms with Gasteiger partial charge in [-0.3, -0.25) is 4.72 Å². The van der Waals surface area contributed by atoms with Gasteiger partial charge >= 0.3 is 0 Å². The predicted molar refractivity (Wildman–Crippen MR) is 161 cm³/mol. The highest BCUT2D eigenvalue weighted by Gasteiger charge is 2.15. The molecule has 0 unspecified atom stereocenters. The minimum absolute atomic E-state index is 0.484. The van der Waals surface area contributed by atoms with Gasteiger partial charge in [-0.15, -0.1) is 0 Å². The number of hydrogen-bond donors (Lipinski definition) is 1. The summed E-state index contributed by atoms with van der Waals surface area (Å²) in [6.45, 7) is 6.88. The van der Waals surface area contributed by atoms with Crippen LogP contribution < -0.4 is 19.1 Å². The maximum absolute atomic E-state index is 11.9. The van der Waals surface area contributed by atoms with Crippen LogP contribution in [0.2, 0.25) is 0 Å². The van der Waals surface area contributed by atoms with Crippen LogP contribution in [-0.4, -0.2) is 34.5 Å². The van der Waals surface area contributed by atoms with Crippen molar-refractivity contribution in [2.24, 2.45) is 0 Å². The smallest absolute Gasteiger partial charge is 0.229 e. The number of anilines is 2. The molecule has 0 amide bonds. The quantitative estimate of drug-likeness (QED) is 0.171. The van der Waals surface area contributed by atoms with Crippen LogP contribution in [0, 0.1) is 6.92 Å². The first-order valence-corrected chi connectivity index (χ1v) is 15.1. The normalized spacial score (nSPS) is 11.2. The second-order valence-corrected chi connectivity index (χ2v) is 11.2. The fourth-order valence-corrected chi connectivity index (χ4v) is 4.94. The molecule has 0 saturated carbocycles. The van der Waals surface area contributed by atoms with Crippen LogP contribution in [0.25, 0.3) is 0 Å². The molecule has 0 aliphatic heterocycles. The van der Waals surface area contributed by atoms with E-state index >= 15 is 0 Å². The number of sulfonamides is 1. The van der Waals surface area contributed by atoms with Gasteiger partial charge in [0.25, 0.3) is 0 Å². The van der Waals surface area contributed by atoms with E-state index in [-0.39, 0.29) is 0 Å². The summed E-state index contributed by atoms with van der Waals surface area (Å²) in [5, 5.41) is 0. The highest BCUT2D eigenvalue weighted by atomic mass is 32.2. The first-order chi connectivity index (χ1) is 19.3. The van der Waals surface area contributed by atoms with Gasteiger partial charge in [0.2, 0.25) is 10.0 Å². The Morgan fingerprint density at radius 1 is 0.750 bits per heavy atom. The summed E-state index contributed by atoms with van der Waals surface area (Å²) in [7, 11) is -3.40. The third-order valence-electron chi connectivity index (χ3n) is 6.20. The molecule has 4 aromatic carbocycles. The zero-order chi connectivity index (χ0) is 28.4. The van der Waals surface area contributed by atoms with Crippen molar-refractivity contribution in [3.8, 4) is 17.2 Å². The van der Waals surface area contributed by atoms with Gasteiger partial charge in [-0.05, 0) is 66.9 Å². The van der Waals surface area contributed by atoms with E-state index in [9.17, 15) is 8.42 Å². The molecular weight excluding hydrogens is 524 g/mol. The summed E-state index contributed by atoms with van der Waals surface area (Å²) < 4.78 is 43.6. The van der Waals surface area contributed by atoms with E-state index in [0.717, 1.165) is 40.1 Å². The van der Waals surface area contributed by atoms with Crippen LogP contribution in [-0.2, 0) is 27.8 Å². The van der Waals surface area contributed by atoms with E-state index < -0.39 is 10.0 Å². The van der Waals surface area contributed by atoms with Crippen LogP contribution in [0.5, 0.6) is 17.2 Å². The van der Waals surface area contributed by atoms with Crippen molar-refractivity contribution in [1.29, 1.82) is 0 Å². The molecule has 0 bridgehead atoms. The zero-order valence-corrected chi connectivity index (χ0v) is 24.0. The molecule has 8 heteroatoms. The molecule has 1 N–H and O–H groups in total. The largest absolute Gasteiger partial charge is 0.491 e. The molecule has 0 aliphatic rings. The van der Waals surface area contributed by atoms with Gasteiger partial charge in [-0.1, -0.05) is 54.6 Å². The third-order valence-corrected chi connectivity index (χ3v) is 6.79. The van der Waals surface area contributed by atoms with Gasteiger partial charge in [0.05, 0.1) is 18.6 Å². The van der Waals surface area contributed by atoms with Crippen molar-refractivity contribution in [3.63, 3.8) is 0 Å². The molecule has 4 aromatic rings. The topological polar surface area (TPSA) is 77.1 Å². The number of hydrogen-bond acceptors (Lipinski definition) is 6. The lowest BCUT2D eigenvalue weighted by Gasteiger charge is -2.28. The highest BCUT2D eigenvalue weighted by Crippen LogP contribution is 2.31. The molecule has 40 heavy (non-hydrogen) atoms. The molecule has 210 valence electrons. The molecular formula is C32H36N2O5S. The Balaban J connectivity index is 1.50. The number of rotatable bonds is 14. The Hall–Kier alpha value is -4.01. The fourth-order valence-electron chi connectivity index (χ4n) is 4.32. The lowest BCUT2D eigenvalue weighted by molar-refractivity contribution is 0.110. The molecule has 4 rings (SSSR count). The fraction of sp³-hybridized carbons (Fsp3) is 0.250. The van der Waals surface area contributed by atoms with Crippen molar-refractivity contribution >= 4 is 21.4 Å². The Labute approximate surface area is 237 Å². The third kappa shape index (κ3) is 8.76. The van der Waals surface area contributed by atoms with Crippen molar-refractivity contribution < 1.29 is 22.6 Å². The number of ether oxygens (including phenoxy) is 3. The minimum Gasteiger partial charge on any atom is -0.491 e. The SMILES string of the molecule is CCOCCOc1cccc(Oc2ccc(CN(Cc3ccccc3)c3cccc(NS(C)(=O)=O)c3C)cc2)c1. The standard InChI is InChI=1S/C32H36N2O5S/c1-4-37-20-21-38-29-12-8-13-30(22-29)39-28-18-16-27(17-19-28)24-34(23-26-10-6-5-7-11-26)32-15-9-14-31(25(32)2)33-40(3,35)36/h5-19,22,33H,4,20-21,23-24H2,1-3H3.